The van der Waals surface area contributed by atoms with Crippen molar-refractivity contribution in [2.75, 3.05) is 7.11 Å². The number of halogens is 1. The lowest BCUT2D eigenvalue weighted by Gasteiger charge is -2.20. The Morgan fingerprint density at radius 3 is 2.55 bits per heavy atom. The van der Waals surface area contributed by atoms with Gasteiger partial charge in [0.2, 0.25) is 0 Å². The maximum absolute atomic E-state index is 5.25. The Hall–Kier alpha value is -1.39. The highest BCUT2D eigenvalue weighted by atomic mass is 79.9. The average Bonchev–Trinajstić information content (AvgIpc) is 2.48. The van der Waals surface area contributed by atoms with Crippen LogP contribution in [0, 0.1) is 0 Å². The minimum atomic E-state index is 0.201. The molecule has 0 aliphatic rings. The van der Waals surface area contributed by atoms with Gasteiger partial charge in [-0.2, -0.15) is 0 Å². The second-order valence-electron chi connectivity index (χ2n) is 4.76. The molecule has 1 heterocycles. The number of nitrogens with one attached hydrogen (secondary N) is 1. The monoisotopic (exact) mass is 334 g/mol. The number of nitrogens with zero attached hydrogens (tertiary/aromatic N) is 1. The standard InChI is InChI=1S/C16H19BrN2O/c1-11(13-7-8-16(20-3)14(17)10-13)19-12(2)15-6-4-5-9-18-15/h4-12,19H,1-3H3. The van der Waals surface area contributed by atoms with Crippen LogP contribution in [0.2, 0.25) is 0 Å². The zero-order valence-electron chi connectivity index (χ0n) is 11.9. The first kappa shape index (κ1) is 15.0. The van der Waals surface area contributed by atoms with Gasteiger partial charge in [-0.25, -0.2) is 0 Å². The third-order valence-corrected chi connectivity index (χ3v) is 3.93. The summed E-state index contributed by atoms with van der Waals surface area (Å²) < 4.78 is 6.22. The van der Waals surface area contributed by atoms with Gasteiger partial charge in [-0.05, 0) is 59.6 Å². The number of rotatable bonds is 5. The van der Waals surface area contributed by atoms with E-state index in [-0.39, 0.29) is 12.1 Å². The van der Waals surface area contributed by atoms with Crippen molar-refractivity contribution in [3.8, 4) is 5.75 Å². The van der Waals surface area contributed by atoms with E-state index in [1.54, 1.807) is 7.11 Å². The van der Waals surface area contributed by atoms with Gasteiger partial charge >= 0.3 is 0 Å². The lowest BCUT2D eigenvalue weighted by molar-refractivity contribution is 0.411. The summed E-state index contributed by atoms with van der Waals surface area (Å²) in [7, 11) is 1.67. The fourth-order valence-electron chi connectivity index (χ4n) is 2.14. The van der Waals surface area contributed by atoms with Crippen LogP contribution in [-0.2, 0) is 0 Å². The van der Waals surface area contributed by atoms with Gasteiger partial charge in [0.05, 0.1) is 17.3 Å². The second-order valence-corrected chi connectivity index (χ2v) is 5.61. The third-order valence-electron chi connectivity index (χ3n) is 3.31. The van der Waals surface area contributed by atoms with Gasteiger partial charge < -0.3 is 10.1 Å². The highest BCUT2D eigenvalue weighted by molar-refractivity contribution is 9.10. The number of hydrogen-bond acceptors (Lipinski definition) is 3. The molecule has 0 fully saturated rings. The van der Waals surface area contributed by atoms with E-state index < -0.39 is 0 Å². The Balaban J connectivity index is 2.08. The maximum atomic E-state index is 5.25. The molecule has 0 bridgehead atoms. The van der Waals surface area contributed by atoms with E-state index in [0.717, 1.165) is 15.9 Å². The Morgan fingerprint density at radius 1 is 1.15 bits per heavy atom. The Morgan fingerprint density at radius 2 is 1.95 bits per heavy atom. The summed E-state index contributed by atoms with van der Waals surface area (Å²) in [4.78, 5) is 4.38. The number of benzene rings is 1. The number of ether oxygens (including phenoxy) is 1. The van der Waals surface area contributed by atoms with Crippen LogP contribution in [0.5, 0.6) is 5.75 Å². The van der Waals surface area contributed by atoms with Crippen molar-refractivity contribution in [3.63, 3.8) is 0 Å². The summed E-state index contributed by atoms with van der Waals surface area (Å²) in [6.07, 6.45) is 1.82. The Labute approximate surface area is 128 Å². The summed E-state index contributed by atoms with van der Waals surface area (Å²) in [5, 5.41) is 3.55. The van der Waals surface area contributed by atoms with Crippen LogP contribution < -0.4 is 10.1 Å². The summed E-state index contributed by atoms with van der Waals surface area (Å²) in [6, 6.07) is 12.5. The van der Waals surface area contributed by atoms with E-state index in [1.165, 1.54) is 5.56 Å². The molecule has 0 saturated carbocycles. The van der Waals surface area contributed by atoms with Crippen LogP contribution in [0.1, 0.15) is 37.2 Å². The molecule has 2 rings (SSSR count). The molecule has 0 aliphatic heterocycles. The zero-order chi connectivity index (χ0) is 14.5. The Bertz CT molecular complexity index is 560. The molecule has 1 aromatic heterocycles. The van der Waals surface area contributed by atoms with Crippen molar-refractivity contribution < 1.29 is 4.74 Å². The third kappa shape index (κ3) is 3.58. The van der Waals surface area contributed by atoms with Gasteiger partial charge in [-0.3, -0.25) is 4.98 Å². The quantitative estimate of drug-likeness (QED) is 0.886. The van der Waals surface area contributed by atoms with Crippen molar-refractivity contribution in [3.05, 3.63) is 58.3 Å². The van der Waals surface area contributed by atoms with Gasteiger partial charge in [-0.1, -0.05) is 12.1 Å². The molecule has 0 aliphatic carbocycles. The molecule has 0 radical (unpaired) electrons. The van der Waals surface area contributed by atoms with Gasteiger partial charge in [0.1, 0.15) is 5.75 Å². The average molecular weight is 335 g/mol. The molecular weight excluding hydrogens is 316 g/mol. The molecule has 0 saturated heterocycles. The predicted octanol–water partition coefficient (Wildman–Crippen LogP) is 4.26. The molecule has 1 aromatic carbocycles. The highest BCUT2D eigenvalue weighted by Gasteiger charge is 2.13. The van der Waals surface area contributed by atoms with Crippen LogP contribution in [0.4, 0.5) is 0 Å². The molecule has 0 spiro atoms. The molecule has 2 atom stereocenters. The summed E-state index contributed by atoms with van der Waals surface area (Å²) in [6.45, 7) is 4.27. The summed E-state index contributed by atoms with van der Waals surface area (Å²) >= 11 is 3.52. The van der Waals surface area contributed by atoms with E-state index in [2.05, 4.69) is 52.2 Å². The van der Waals surface area contributed by atoms with Crippen molar-refractivity contribution in [2.24, 2.45) is 0 Å². The topological polar surface area (TPSA) is 34.1 Å². The molecule has 0 amide bonds. The van der Waals surface area contributed by atoms with E-state index in [1.807, 2.05) is 30.5 Å². The maximum Gasteiger partial charge on any atom is 0.133 e. The normalized spacial score (nSPS) is 13.8. The molecular formula is C16H19BrN2O. The predicted molar refractivity (Wildman–Crippen MR) is 84.9 cm³/mol. The lowest BCUT2D eigenvalue weighted by atomic mass is 10.1. The SMILES string of the molecule is COc1ccc(C(C)NC(C)c2ccccn2)cc1Br. The van der Waals surface area contributed by atoms with Crippen LogP contribution in [0.25, 0.3) is 0 Å². The molecule has 2 aromatic rings. The number of pyridine rings is 1. The van der Waals surface area contributed by atoms with Gasteiger partial charge in [0.25, 0.3) is 0 Å². The number of aromatic nitrogens is 1. The molecule has 1 N–H and O–H groups in total. The van der Waals surface area contributed by atoms with Crippen molar-refractivity contribution in [1.82, 2.24) is 10.3 Å². The van der Waals surface area contributed by atoms with Crippen molar-refractivity contribution >= 4 is 15.9 Å². The summed E-state index contributed by atoms with van der Waals surface area (Å²) in [5.74, 6) is 0.846. The number of methoxy groups -OCH3 is 1. The summed E-state index contributed by atoms with van der Waals surface area (Å²) in [5.41, 5.74) is 2.26. The Kier molecular flexibility index (Phi) is 5.15. The first-order valence-electron chi connectivity index (χ1n) is 6.62. The molecule has 20 heavy (non-hydrogen) atoms. The lowest BCUT2D eigenvalue weighted by Crippen LogP contribution is -2.23. The van der Waals surface area contributed by atoms with E-state index in [0.29, 0.717) is 0 Å². The molecule has 106 valence electrons. The fraction of sp³-hybridized carbons (Fsp3) is 0.312. The molecule has 4 heteroatoms. The largest absolute Gasteiger partial charge is 0.496 e. The zero-order valence-corrected chi connectivity index (χ0v) is 13.5. The molecule has 3 nitrogen and oxygen atoms in total. The van der Waals surface area contributed by atoms with Gasteiger partial charge in [-0.15, -0.1) is 0 Å². The fourth-order valence-corrected chi connectivity index (χ4v) is 2.70. The minimum absolute atomic E-state index is 0.201. The smallest absolute Gasteiger partial charge is 0.133 e. The first-order chi connectivity index (χ1) is 9.61. The van der Waals surface area contributed by atoms with Gasteiger partial charge in [0, 0.05) is 18.3 Å². The van der Waals surface area contributed by atoms with Crippen LogP contribution in [0.15, 0.2) is 47.1 Å². The molecule has 2 unspecified atom stereocenters. The highest BCUT2D eigenvalue weighted by Crippen LogP contribution is 2.28. The second kappa shape index (κ2) is 6.86. The minimum Gasteiger partial charge on any atom is -0.496 e. The van der Waals surface area contributed by atoms with E-state index in [4.69, 9.17) is 4.74 Å². The van der Waals surface area contributed by atoms with Crippen LogP contribution >= 0.6 is 15.9 Å². The van der Waals surface area contributed by atoms with E-state index >= 15 is 0 Å². The number of hydrogen-bond donors (Lipinski definition) is 1. The van der Waals surface area contributed by atoms with Crippen molar-refractivity contribution in [1.29, 1.82) is 0 Å². The first-order valence-corrected chi connectivity index (χ1v) is 7.41. The van der Waals surface area contributed by atoms with Crippen molar-refractivity contribution in [2.45, 2.75) is 25.9 Å². The van der Waals surface area contributed by atoms with Crippen LogP contribution in [-0.4, -0.2) is 12.1 Å². The van der Waals surface area contributed by atoms with Gasteiger partial charge in [0.15, 0.2) is 0 Å². The van der Waals surface area contributed by atoms with Crippen LogP contribution in [0.3, 0.4) is 0 Å². The van der Waals surface area contributed by atoms with E-state index in [9.17, 15) is 0 Å².